The minimum atomic E-state index is 0.779. The molecule has 104 valence electrons. The van der Waals surface area contributed by atoms with Gasteiger partial charge in [-0.05, 0) is 26.0 Å². The molecule has 0 spiro atoms. The van der Waals surface area contributed by atoms with E-state index in [2.05, 4.69) is 42.4 Å². The normalized spacial score (nSPS) is 11.2. The predicted octanol–water partition coefficient (Wildman–Crippen LogP) is 1.65. The number of hydrogen-bond acceptors (Lipinski definition) is 3. The highest BCUT2D eigenvalue weighted by Gasteiger charge is 2.09. The van der Waals surface area contributed by atoms with Crippen LogP contribution in [-0.2, 0) is 26.6 Å². The Hall–Kier alpha value is -1.62. The average Bonchev–Trinajstić information content (AvgIpc) is 2.93. The van der Waals surface area contributed by atoms with Gasteiger partial charge in [-0.1, -0.05) is 13.8 Å². The van der Waals surface area contributed by atoms with Crippen LogP contribution in [0.3, 0.4) is 0 Å². The Bertz CT molecular complexity index is 538. The van der Waals surface area contributed by atoms with Crippen molar-refractivity contribution in [2.24, 2.45) is 7.05 Å². The topological polar surface area (TPSA) is 47.7 Å². The van der Waals surface area contributed by atoms with Crippen molar-refractivity contribution >= 4 is 0 Å². The van der Waals surface area contributed by atoms with Crippen molar-refractivity contribution in [3.8, 4) is 0 Å². The second kappa shape index (κ2) is 6.02. The van der Waals surface area contributed by atoms with Crippen LogP contribution in [0.5, 0.6) is 0 Å². The molecule has 0 saturated heterocycles. The van der Waals surface area contributed by atoms with E-state index in [-0.39, 0.29) is 0 Å². The maximum absolute atomic E-state index is 4.48. The minimum absolute atomic E-state index is 0.779. The van der Waals surface area contributed by atoms with Crippen molar-refractivity contribution in [2.75, 3.05) is 6.54 Å². The Morgan fingerprint density at radius 3 is 2.74 bits per heavy atom. The Labute approximate surface area is 114 Å². The third-order valence-corrected chi connectivity index (χ3v) is 3.47. The molecule has 2 aromatic heterocycles. The highest BCUT2D eigenvalue weighted by molar-refractivity contribution is 5.18. The van der Waals surface area contributed by atoms with Gasteiger partial charge in [-0.3, -0.25) is 9.36 Å². The fourth-order valence-corrected chi connectivity index (χ4v) is 2.12. The van der Waals surface area contributed by atoms with E-state index in [1.54, 1.807) is 0 Å². The smallest absolute Gasteiger partial charge is 0.0831 e. The summed E-state index contributed by atoms with van der Waals surface area (Å²) in [4.78, 5) is 0. The molecule has 1 N–H and O–H groups in total. The van der Waals surface area contributed by atoms with Gasteiger partial charge in [-0.2, -0.15) is 10.2 Å². The summed E-state index contributed by atoms with van der Waals surface area (Å²) in [6, 6.07) is 2.16. The molecule has 0 radical (unpaired) electrons. The summed E-state index contributed by atoms with van der Waals surface area (Å²) >= 11 is 0. The second-order valence-electron chi connectivity index (χ2n) is 4.80. The maximum Gasteiger partial charge on any atom is 0.0831 e. The van der Waals surface area contributed by atoms with Crippen LogP contribution in [0.1, 0.15) is 36.5 Å². The van der Waals surface area contributed by atoms with Crippen LogP contribution in [0, 0.1) is 6.92 Å². The Morgan fingerprint density at radius 1 is 1.32 bits per heavy atom. The molecule has 19 heavy (non-hydrogen) atoms. The number of nitrogens with zero attached hydrogens (tertiary/aromatic N) is 4. The lowest BCUT2D eigenvalue weighted by atomic mass is 10.2. The summed E-state index contributed by atoms with van der Waals surface area (Å²) in [6.45, 7) is 9.00. The molecule has 0 atom stereocenters. The third kappa shape index (κ3) is 3.04. The van der Waals surface area contributed by atoms with Crippen molar-refractivity contribution < 1.29 is 0 Å². The van der Waals surface area contributed by atoms with Crippen LogP contribution in [0.25, 0.3) is 0 Å². The van der Waals surface area contributed by atoms with Crippen LogP contribution in [-0.4, -0.2) is 26.1 Å². The number of rotatable bonds is 6. The van der Waals surface area contributed by atoms with Crippen molar-refractivity contribution in [1.29, 1.82) is 0 Å². The Balaban J connectivity index is 2.14. The van der Waals surface area contributed by atoms with Gasteiger partial charge in [0.05, 0.1) is 24.1 Å². The van der Waals surface area contributed by atoms with E-state index in [4.69, 9.17) is 0 Å². The van der Waals surface area contributed by atoms with Gasteiger partial charge in [0.2, 0.25) is 0 Å². The van der Waals surface area contributed by atoms with E-state index >= 15 is 0 Å². The summed E-state index contributed by atoms with van der Waals surface area (Å²) in [5.41, 5.74) is 4.81. The minimum Gasteiger partial charge on any atom is -0.313 e. The molecule has 0 aliphatic heterocycles. The van der Waals surface area contributed by atoms with E-state index in [1.807, 2.05) is 22.6 Å². The number of aromatic nitrogens is 4. The fraction of sp³-hybridized carbons (Fsp3) is 0.571. The Morgan fingerprint density at radius 2 is 2.11 bits per heavy atom. The van der Waals surface area contributed by atoms with Gasteiger partial charge in [0.25, 0.3) is 0 Å². The first kappa shape index (κ1) is 13.8. The van der Waals surface area contributed by atoms with Crippen LogP contribution in [0.2, 0.25) is 0 Å². The van der Waals surface area contributed by atoms with Crippen LogP contribution in [0.4, 0.5) is 0 Å². The van der Waals surface area contributed by atoms with Crippen molar-refractivity contribution in [3.63, 3.8) is 0 Å². The van der Waals surface area contributed by atoms with Gasteiger partial charge in [0, 0.05) is 24.8 Å². The first-order chi connectivity index (χ1) is 9.15. The first-order valence-corrected chi connectivity index (χ1v) is 6.89. The lowest BCUT2D eigenvalue weighted by Gasteiger charge is -2.06. The quantitative estimate of drug-likeness (QED) is 0.860. The van der Waals surface area contributed by atoms with E-state index in [1.165, 1.54) is 17.0 Å². The molecule has 0 amide bonds. The van der Waals surface area contributed by atoms with Gasteiger partial charge in [-0.15, -0.1) is 0 Å². The van der Waals surface area contributed by atoms with Crippen LogP contribution >= 0.6 is 0 Å². The molecule has 0 aliphatic carbocycles. The largest absolute Gasteiger partial charge is 0.313 e. The monoisotopic (exact) mass is 261 g/mol. The summed E-state index contributed by atoms with van der Waals surface area (Å²) in [7, 11) is 1.99. The van der Waals surface area contributed by atoms with E-state index in [9.17, 15) is 0 Å². The van der Waals surface area contributed by atoms with Gasteiger partial charge in [0.1, 0.15) is 0 Å². The van der Waals surface area contributed by atoms with Crippen molar-refractivity contribution in [2.45, 2.75) is 40.3 Å². The predicted molar refractivity (Wildman–Crippen MR) is 76.0 cm³/mol. The first-order valence-electron chi connectivity index (χ1n) is 6.89. The molecule has 0 fully saturated rings. The maximum atomic E-state index is 4.48. The fourth-order valence-electron chi connectivity index (χ4n) is 2.12. The molecular weight excluding hydrogens is 238 g/mol. The van der Waals surface area contributed by atoms with Crippen LogP contribution in [0.15, 0.2) is 12.3 Å². The molecule has 0 aliphatic rings. The van der Waals surface area contributed by atoms with Crippen LogP contribution < -0.4 is 5.32 Å². The molecule has 5 heteroatoms. The van der Waals surface area contributed by atoms with Crippen molar-refractivity contribution in [3.05, 3.63) is 34.9 Å². The average molecular weight is 261 g/mol. The van der Waals surface area contributed by atoms with Gasteiger partial charge >= 0.3 is 0 Å². The third-order valence-electron chi connectivity index (χ3n) is 3.47. The highest BCUT2D eigenvalue weighted by Crippen LogP contribution is 2.11. The van der Waals surface area contributed by atoms with E-state index in [0.717, 1.165) is 31.7 Å². The molecule has 0 aromatic carbocycles. The lowest BCUT2D eigenvalue weighted by Crippen LogP contribution is -2.13. The van der Waals surface area contributed by atoms with Crippen molar-refractivity contribution in [1.82, 2.24) is 24.9 Å². The number of aryl methyl sites for hydroxylation is 2. The number of hydrogen-bond donors (Lipinski definition) is 1. The van der Waals surface area contributed by atoms with Gasteiger partial charge < -0.3 is 5.32 Å². The summed E-state index contributed by atoms with van der Waals surface area (Å²) < 4.78 is 3.99. The highest BCUT2D eigenvalue weighted by atomic mass is 15.3. The molecule has 5 nitrogen and oxygen atoms in total. The molecule has 0 unspecified atom stereocenters. The molecular formula is C14H23N5. The second-order valence-corrected chi connectivity index (χ2v) is 4.80. The molecule has 2 heterocycles. The lowest BCUT2D eigenvalue weighted by molar-refractivity contribution is 0.604. The zero-order valence-corrected chi connectivity index (χ0v) is 12.3. The summed E-state index contributed by atoms with van der Waals surface area (Å²) in [5, 5.41) is 12.3. The standard InChI is InChI=1S/C14H23N5/c1-5-13-7-14(18(4)17-13)10-19-11(3)12(9-16-19)8-15-6-2/h7,9,15H,5-6,8,10H2,1-4H3. The van der Waals surface area contributed by atoms with E-state index < -0.39 is 0 Å². The SMILES string of the molecule is CCNCc1cnn(Cc2cc(CC)nn2C)c1C. The molecule has 2 aromatic rings. The Kier molecular flexibility index (Phi) is 4.37. The van der Waals surface area contributed by atoms with E-state index in [0.29, 0.717) is 0 Å². The zero-order chi connectivity index (χ0) is 13.8. The van der Waals surface area contributed by atoms with Gasteiger partial charge in [-0.25, -0.2) is 0 Å². The summed E-state index contributed by atoms with van der Waals surface area (Å²) in [5.74, 6) is 0. The summed E-state index contributed by atoms with van der Waals surface area (Å²) in [6.07, 6.45) is 2.92. The van der Waals surface area contributed by atoms with Gasteiger partial charge in [0.15, 0.2) is 0 Å². The zero-order valence-electron chi connectivity index (χ0n) is 12.3. The molecule has 0 saturated carbocycles. The number of nitrogens with one attached hydrogen (secondary N) is 1. The molecule has 2 rings (SSSR count). The molecule has 0 bridgehead atoms.